The second-order valence-corrected chi connectivity index (χ2v) is 10.5. The zero-order chi connectivity index (χ0) is 19.2. The molecule has 5 nitrogen and oxygen atoms in total. The molecule has 2 unspecified atom stereocenters. The van der Waals surface area contributed by atoms with Crippen molar-refractivity contribution in [3.63, 3.8) is 0 Å². The molecule has 2 aromatic rings. The summed E-state index contributed by atoms with van der Waals surface area (Å²) in [6.07, 6.45) is 10.8. The number of nitrogens with zero attached hydrogens (tertiary/aromatic N) is 4. The molecule has 4 heterocycles. The highest BCUT2D eigenvalue weighted by Crippen LogP contribution is 2.43. The summed E-state index contributed by atoms with van der Waals surface area (Å²) in [6.45, 7) is 6.88. The van der Waals surface area contributed by atoms with Crippen molar-refractivity contribution in [2.45, 2.75) is 57.9 Å². The summed E-state index contributed by atoms with van der Waals surface area (Å²) in [6, 6.07) is 0. The topological polar surface area (TPSA) is 41.5 Å². The van der Waals surface area contributed by atoms with E-state index in [-0.39, 0.29) is 0 Å². The molecule has 1 saturated carbocycles. The van der Waals surface area contributed by atoms with E-state index in [9.17, 15) is 0 Å². The molecule has 0 amide bonds. The van der Waals surface area contributed by atoms with E-state index >= 15 is 0 Å². The van der Waals surface area contributed by atoms with Crippen LogP contribution in [0.2, 0.25) is 0 Å². The Labute approximate surface area is 177 Å². The number of hydrogen-bond donors (Lipinski definition) is 0. The van der Waals surface area contributed by atoms with E-state index in [2.05, 4.69) is 9.80 Å². The molecule has 2 aromatic heterocycles. The molecular formula is C23H32N4OS. The van der Waals surface area contributed by atoms with Gasteiger partial charge < -0.3 is 9.64 Å². The molecule has 0 spiro atoms. The Morgan fingerprint density at radius 1 is 0.931 bits per heavy atom. The second kappa shape index (κ2) is 7.78. The molecule has 4 aliphatic rings. The van der Waals surface area contributed by atoms with Crippen LogP contribution < -0.4 is 4.90 Å². The second-order valence-electron chi connectivity index (χ2n) is 9.43. The third-order valence-electron chi connectivity index (χ3n) is 7.65. The molecule has 2 atom stereocenters. The third kappa shape index (κ3) is 3.47. The Bertz CT molecular complexity index is 891. The minimum atomic E-state index is 0.831. The molecule has 0 aromatic carbocycles. The molecule has 6 rings (SSSR count). The van der Waals surface area contributed by atoms with Gasteiger partial charge in [0.2, 0.25) is 0 Å². The minimum absolute atomic E-state index is 0.831. The lowest BCUT2D eigenvalue weighted by Crippen LogP contribution is -2.42. The highest BCUT2D eigenvalue weighted by atomic mass is 32.1. The first-order chi connectivity index (χ1) is 14.3. The van der Waals surface area contributed by atoms with Gasteiger partial charge in [0.15, 0.2) is 0 Å². The van der Waals surface area contributed by atoms with E-state index < -0.39 is 0 Å². The molecule has 3 fully saturated rings. The summed E-state index contributed by atoms with van der Waals surface area (Å²) in [4.78, 5) is 18.2. The summed E-state index contributed by atoms with van der Waals surface area (Å²) in [5, 5.41) is 1.41. The van der Waals surface area contributed by atoms with Crippen LogP contribution in [0, 0.1) is 11.8 Å². The Morgan fingerprint density at radius 3 is 2.69 bits per heavy atom. The number of aryl methyl sites for hydroxylation is 2. The van der Waals surface area contributed by atoms with Crippen LogP contribution in [0.25, 0.3) is 10.2 Å². The predicted octanol–water partition coefficient (Wildman–Crippen LogP) is 4.03. The number of morpholine rings is 1. The van der Waals surface area contributed by atoms with Crippen LogP contribution in [-0.4, -0.2) is 54.3 Å². The van der Waals surface area contributed by atoms with Gasteiger partial charge >= 0.3 is 0 Å². The molecule has 156 valence electrons. The smallest absolute Gasteiger partial charge is 0.146 e. The van der Waals surface area contributed by atoms with Gasteiger partial charge in [0, 0.05) is 31.1 Å². The van der Waals surface area contributed by atoms with Crippen LogP contribution in [-0.2, 0) is 24.1 Å². The van der Waals surface area contributed by atoms with Crippen molar-refractivity contribution in [1.82, 2.24) is 14.9 Å². The normalized spacial score (nSPS) is 27.9. The number of aromatic nitrogens is 2. The Kier molecular flexibility index (Phi) is 4.97. The number of rotatable bonds is 3. The lowest BCUT2D eigenvalue weighted by Gasteiger charge is -2.42. The highest BCUT2D eigenvalue weighted by molar-refractivity contribution is 7.19. The number of piperidine rings is 1. The summed E-state index contributed by atoms with van der Waals surface area (Å²) in [5.74, 6) is 4.11. The predicted molar refractivity (Wildman–Crippen MR) is 118 cm³/mol. The summed E-state index contributed by atoms with van der Waals surface area (Å²) >= 11 is 1.94. The van der Waals surface area contributed by atoms with E-state index in [0.29, 0.717) is 0 Å². The number of fused-ring (bicyclic) bond motifs is 4. The first kappa shape index (κ1) is 18.5. The number of thiophene rings is 1. The minimum Gasteiger partial charge on any atom is -0.379 e. The van der Waals surface area contributed by atoms with Gasteiger partial charge in [0.05, 0.1) is 25.1 Å². The zero-order valence-corrected chi connectivity index (χ0v) is 18.2. The average molecular weight is 413 g/mol. The lowest BCUT2D eigenvalue weighted by molar-refractivity contribution is 0.0331. The van der Waals surface area contributed by atoms with Crippen LogP contribution in [0.5, 0.6) is 0 Å². The molecule has 0 radical (unpaired) electrons. The van der Waals surface area contributed by atoms with Crippen LogP contribution in [0.3, 0.4) is 0 Å². The number of anilines is 1. The van der Waals surface area contributed by atoms with Crippen molar-refractivity contribution in [3.05, 3.63) is 16.3 Å². The van der Waals surface area contributed by atoms with Crippen molar-refractivity contribution in [3.8, 4) is 0 Å². The van der Waals surface area contributed by atoms with Gasteiger partial charge in [0.25, 0.3) is 0 Å². The summed E-state index contributed by atoms with van der Waals surface area (Å²) < 4.78 is 5.53. The van der Waals surface area contributed by atoms with Crippen LogP contribution in [0.1, 0.15) is 54.8 Å². The third-order valence-corrected chi connectivity index (χ3v) is 8.84. The zero-order valence-electron chi connectivity index (χ0n) is 17.4. The number of ether oxygens (including phenoxy) is 1. The summed E-state index contributed by atoms with van der Waals surface area (Å²) in [5.41, 5.74) is 1.57. The van der Waals surface area contributed by atoms with E-state index in [1.807, 2.05) is 11.3 Å². The van der Waals surface area contributed by atoms with Gasteiger partial charge in [-0.15, -0.1) is 11.3 Å². The van der Waals surface area contributed by atoms with Crippen molar-refractivity contribution in [1.29, 1.82) is 0 Å². The molecule has 0 N–H and O–H groups in total. The molecule has 2 aliphatic carbocycles. The van der Waals surface area contributed by atoms with Crippen LogP contribution in [0.15, 0.2) is 0 Å². The molecular weight excluding hydrogens is 380 g/mol. The van der Waals surface area contributed by atoms with Crippen molar-refractivity contribution in [2.24, 2.45) is 11.8 Å². The molecule has 6 heteroatoms. The standard InChI is InChI=1S/C23H32N4OS/c1-2-5-17-14-27(9-8-16(17)4-1)22-21-18-6-3-7-19(18)29-23(21)25-20(24-22)15-26-10-12-28-13-11-26/h16-17H,1-15H2. The van der Waals surface area contributed by atoms with Crippen LogP contribution in [0.4, 0.5) is 5.82 Å². The molecule has 29 heavy (non-hydrogen) atoms. The average Bonchev–Trinajstić information content (AvgIpc) is 3.35. The van der Waals surface area contributed by atoms with Gasteiger partial charge in [-0.25, -0.2) is 9.97 Å². The molecule has 2 aliphatic heterocycles. The van der Waals surface area contributed by atoms with E-state index in [1.165, 1.54) is 80.5 Å². The lowest BCUT2D eigenvalue weighted by atomic mass is 9.75. The van der Waals surface area contributed by atoms with Gasteiger partial charge in [0.1, 0.15) is 16.5 Å². The monoisotopic (exact) mass is 412 g/mol. The first-order valence-corrected chi connectivity index (χ1v) is 12.5. The SMILES string of the molecule is C1Cc2sc3nc(CN4CCOCC4)nc(N4CCC5CCCCC5C4)c3c2C1. The van der Waals surface area contributed by atoms with Gasteiger partial charge in [-0.05, 0) is 49.5 Å². The van der Waals surface area contributed by atoms with E-state index in [0.717, 1.165) is 50.5 Å². The van der Waals surface area contributed by atoms with Crippen molar-refractivity contribution >= 4 is 27.4 Å². The fraction of sp³-hybridized carbons (Fsp3) is 0.739. The Balaban J connectivity index is 1.36. The molecule has 2 saturated heterocycles. The Morgan fingerprint density at radius 2 is 1.79 bits per heavy atom. The summed E-state index contributed by atoms with van der Waals surface area (Å²) in [7, 11) is 0. The van der Waals surface area contributed by atoms with Crippen molar-refractivity contribution in [2.75, 3.05) is 44.3 Å². The number of hydrogen-bond acceptors (Lipinski definition) is 6. The fourth-order valence-electron chi connectivity index (χ4n) is 6.07. The maximum absolute atomic E-state index is 5.53. The fourth-order valence-corrected chi connectivity index (χ4v) is 7.35. The van der Waals surface area contributed by atoms with Crippen LogP contribution >= 0.6 is 11.3 Å². The largest absolute Gasteiger partial charge is 0.379 e. The van der Waals surface area contributed by atoms with E-state index in [4.69, 9.17) is 14.7 Å². The first-order valence-electron chi connectivity index (χ1n) is 11.7. The maximum atomic E-state index is 5.53. The Hall–Kier alpha value is -1.24. The molecule has 0 bridgehead atoms. The van der Waals surface area contributed by atoms with E-state index in [1.54, 1.807) is 10.4 Å². The highest BCUT2D eigenvalue weighted by Gasteiger charge is 2.33. The maximum Gasteiger partial charge on any atom is 0.146 e. The quantitative estimate of drug-likeness (QED) is 0.761. The van der Waals surface area contributed by atoms with Gasteiger partial charge in [-0.2, -0.15) is 0 Å². The van der Waals surface area contributed by atoms with Gasteiger partial charge in [-0.3, -0.25) is 4.90 Å². The van der Waals surface area contributed by atoms with Gasteiger partial charge in [-0.1, -0.05) is 19.3 Å². The van der Waals surface area contributed by atoms with Crippen molar-refractivity contribution < 1.29 is 4.74 Å².